The molecule has 2 fully saturated rings. The maximum atomic E-state index is 14.7. The summed E-state index contributed by atoms with van der Waals surface area (Å²) in [7, 11) is 0. The molecule has 0 radical (unpaired) electrons. The summed E-state index contributed by atoms with van der Waals surface area (Å²) in [6, 6.07) is 2.80. The number of ether oxygens (including phenoxy) is 3. The number of nitrogens with zero attached hydrogens (tertiary/aromatic N) is 2. The quantitative estimate of drug-likeness (QED) is 0.147. The van der Waals surface area contributed by atoms with Gasteiger partial charge in [0.15, 0.2) is 0 Å². The van der Waals surface area contributed by atoms with Crippen LogP contribution in [0.3, 0.4) is 0 Å². The molecule has 1 aromatic carbocycles. The molecule has 1 saturated carbocycles. The molecule has 51 heavy (non-hydrogen) atoms. The average molecular weight is 707 g/mol. The van der Waals surface area contributed by atoms with Crippen molar-refractivity contribution >= 4 is 34.8 Å². The van der Waals surface area contributed by atoms with Gasteiger partial charge in [-0.15, -0.1) is 13.2 Å². The number of amides is 3. The Labute approximate surface area is 299 Å². The number of benzene rings is 1. The molecular weight excluding hydrogens is 655 g/mol. The fourth-order valence-electron chi connectivity index (χ4n) is 7.39. The number of rotatable bonds is 13. The Hall–Kier alpha value is -4.48. The summed E-state index contributed by atoms with van der Waals surface area (Å²) in [5, 5.41) is 6.36. The number of hydrogen-bond acceptors (Lipinski definition) is 8. The van der Waals surface area contributed by atoms with Gasteiger partial charge in [0, 0.05) is 23.3 Å². The van der Waals surface area contributed by atoms with Gasteiger partial charge in [-0.25, -0.2) is 19.0 Å². The van der Waals surface area contributed by atoms with Gasteiger partial charge >= 0.3 is 12.1 Å². The Morgan fingerprint density at radius 2 is 1.94 bits per heavy atom. The Bertz CT molecular complexity index is 1710. The summed E-state index contributed by atoms with van der Waals surface area (Å²) in [4.78, 5) is 61.1. The van der Waals surface area contributed by atoms with Crippen LogP contribution in [0, 0.1) is 18.7 Å². The number of allylic oxidation sites excluding steroid dienone is 1. The number of esters is 1. The van der Waals surface area contributed by atoms with Crippen molar-refractivity contribution in [1.82, 2.24) is 20.5 Å². The number of halogens is 1. The fourth-order valence-corrected chi connectivity index (χ4v) is 7.39. The number of likely N-dealkylation sites (tertiary alicyclic amines) is 1. The molecule has 1 aromatic heterocycles. The van der Waals surface area contributed by atoms with E-state index in [4.69, 9.17) is 14.2 Å². The molecule has 276 valence electrons. The minimum Gasteiger partial charge on any atom is -0.483 e. The van der Waals surface area contributed by atoms with Crippen molar-refractivity contribution in [2.75, 3.05) is 13.2 Å². The van der Waals surface area contributed by atoms with E-state index in [2.05, 4.69) is 28.8 Å². The minimum absolute atomic E-state index is 0.0459. The normalized spacial score (nSPS) is 24.2. The van der Waals surface area contributed by atoms with Crippen LogP contribution in [-0.4, -0.2) is 75.7 Å². The molecule has 2 N–H and O–H groups in total. The first-order chi connectivity index (χ1) is 24.2. The Morgan fingerprint density at radius 1 is 1.18 bits per heavy atom. The van der Waals surface area contributed by atoms with Crippen LogP contribution >= 0.6 is 0 Å². The van der Waals surface area contributed by atoms with Crippen LogP contribution in [0.2, 0.25) is 0 Å². The number of unbranched alkanes of at least 4 members (excludes halogenated alkanes) is 3. The summed E-state index contributed by atoms with van der Waals surface area (Å²) < 4.78 is 32.4. The topological polar surface area (TPSA) is 136 Å². The zero-order valence-corrected chi connectivity index (χ0v) is 30.4. The van der Waals surface area contributed by atoms with E-state index in [0.29, 0.717) is 48.9 Å². The smallest absolute Gasteiger partial charge is 0.408 e. The monoisotopic (exact) mass is 706 g/mol. The number of nitrogens with one attached hydrogen (secondary N) is 2. The van der Waals surface area contributed by atoms with Gasteiger partial charge in [0.05, 0.1) is 18.8 Å². The summed E-state index contributed by atoms with van der Waals surface area (Å²) >= 11 is 0. The molecule has 5 rings (SSSR count). The highest BCUT2D eigenvalue weighted by Crippen LogP contribution is 2.47. The molecule has 3 aliphatic rings. The lowest BCUT2D eigenvalue weighted by Crippen LogP contribution is -2.57. The summed E-state index contributed by atoms with van der Waals surface area (Å²) in [6.45, 7) is 16.5. The third-order valence-corrected chi connectivity index (χ3v) is 10.0. The largest absolute Gasteiger partial charge is 0.483 e. The number of para-hydroxylation sites is 1. The Kier molecular flexibility index (Phi) is 11.1. The van der Waals surface area contributed by atoms with Gasteiger partial charge in [-0.05, 0) is 79.2 Å². The standard InChI is InChI=1S/C39H51FN4O7/c1-8-11-12-13-14-18-29(42-36(48)51-37(5,6)7)34(46)44-23-38(22-30(44)33(45)43-39(21-25(39)9-2)35(47)49-10-3)20-19-27-26-16-15-17-28(40)31(26)41-24(4)32(27)50-38/h8-9,15-17,25,29-30H,1-2,10-14,18-23H2,3-7H3,(H,42,48)(H,43,45)/t25-,29+,30+,38-,39-/m1/s1. The zero-order valence-electron chi connectivity index (χ0n) is 30.4. The lowest BCUT2D eigenvalue weighted by atomic mass is 9.87. The van der Waals surface area contributed by atoms with E-state index in [9.17, 15) is 23.6 Å². The lowest BCUT2D eigenvalue weighted by molar-refractivity contribution is -0.150. The molecular formula is C39H51FN4O7. The molecule has 3 amide bonds. The molecule has 5 atom stereocenters. The number of pyridine rings is 1. The van der Waals surface area contributed by atoms with Crippen molar-refractivity contribution in [2.45, 2.75) is 121 Å². The first-order valence-corrected chi connectivity index (χ1v) is 18.0. The van der Waals surface area contributed by atoms with Gasteiger partial charge < -0.3 is 29.7 Å². The maximum Gasteiger partial charge on any atom is 0.408 e. The zero-order chi connectivity index (χ0) is 37.1. The Balaban J connectivity index is 1.48. The molecule has 0 unspecified atom stereocenters. The van der Waals surface area contributed by atoms with Crippen molar-refractivity contribution in [3.8, 4) is 5.75 Å². The van der Waals surface area contributed by atoms with Gasteiger partial charge in [-0.3, -0.25) is 9.59 Å². The van der Waals surface area contributed by atoms with Crippen molar-refractivity contribution in [2.24, 2.45) is 5.92 Å². The fraction of sp³-hybridized carbons (Fsp3) is 0.564. The second-order valence-corrected chi connectivity index (χ2v) is 15.0. The molecule has 2 aliphatic heterocycles. The molecule has 1 aliphatic carbocycles. The van der Waals surface area contributed by atoms with Crippen molar-refractivity contribution in [1.29, 1.82) is 0 Å². The van der Waals surface area contributed by atoms with Crippen LogP contribution in [0.5, 0.6) is 5.75 Å². The van der Waals surface area contributed by atoms with Gasteiger partial charge in [0.2, 0.25) is 11.8 Å². The summed E-state index contributed by atoms with van der Waals surface area (Å²) in [6.07, 6.45) is 7.61. The third kappa shape index (κ3) is 8.05. The van der Waals surface area contributed by atoms with Crippen molar-refractivity contribution in [3.05, 3.63) is 60.6 Å². The van der Waals surface area contributed by atoms with Gasteiger partial charge in [-0.1, -0.05) is 37.1 Å². The van der Waals surface area contributed by atoms with E-state index in [-0.39, 0.29) is 31.0 Å². The number of carbonyl (C=O) groups excluding carboxylic acids is 4. The van der Waals surface area contributed by atoms with E-state index in [1.165, 1.54) is 11.0 Å². The van der Waals surface area contributed by atoms with Gasteiger partial charge in [0.1, 0.15) is 45.9 Å². The van der Waals surface area contributed by atoms with Crippen LogP contribution in [0.25, 0.3) is 10.9 Å². The molecule has 11 nitrogen and oxygen atoms in total. The second kappa shape index (κ2) is 15.0. The van der Waals surface area contributed by atoms with Crippen LogP contribution in [0.4, 0.5) is 9.18 Å². The predicted molar refractivity (Wildman–Crippen MR) is 190 cm³/mol. The Morgan fingerprint density at radius 3 is 2.61 bits per heavy atom. The minimum atomic E-state index is -1.28. The highest BCUT2D eigenvalue weighted by atomic mass is 19.1. The van der Waals surface area contributed by atoms with Crippen LogP contribution in [0.15, 0.2) is 43.5 Å². The van der Waals surface area contributed by atoms with Crippen LogP contribution in [0.1, 0.15) is 90.3 Å². The first kappa shape index (κ1) is 37.8. The van der Waals surface area contributed by atoms with Gasteiger partial charge in [-0.2, -0.15) is 0 Å². The molecule has 0 bridgehead atoms. The van der Waals surface area contributed by atoms with E-state index in [0.717, 1.165) is 24.8 Å². The van der Waals surface area contributed by atoms with Gasteiger partial charge in [0.25, 0.3) is 0 Å². The molecule has 12 heteroatoms. The number of fused-ring (bicyclic) bond motifs is 3. The van der Waals surface area contributed by atoms with E-state index in [1.807, 2.05) is 12.1 Å². The average Bonchev–Trinajstić information content (AvgIpc) is 3.67. The SMILES string of the molecule is C=CCCCCC[C@H](NC(=O)OC(C)(C)C)C(=O)N1C[C@@]2(CCc3c(c(C)nc4c(F)cccc34)O2)C[C@H]1C(=O)N[C@]1(C(=O)OCC)C[C@H]1C=C. The molecule has 3 heterocycles. The van der Waals surface area contributed by atoms with E-state index >= 15 is 0 Å². The highest BCUT2D eigenvalue weighted by Gasteiger charge is 2.63. The van der Waals surface area contributed by atoms with Crippen LogP contribution in [-0.2, 0) is 30.3 Å². The predicted octanol–water partition coefficient (Wildman–Crippen LogP) is 6.00. The third-order valence-electron chi connectivity index (χ3n) is 10.0. The second-order valence-electron chi connectivity index (χ2n) is 15.0. The summed E-state index contributed by atoms with van der Waals surface area (Å²) in [5.74, 6) is -1.76. The highest BCUT2D eigenvalue weighted by molar-refractivity contribution is 5.97. The van der Waals surface area contributed by atoms with E-state index < -0.39 is 58.5 Å². The molecule has 2 aromatic rings. The molecule has 1 saturated heterocycles. The number of hydrogen-bond donors (Lipinski definition) is 2. The lowest BCUT2D eigenvalue weighted by Gasteiger charge is -2.36. The van der Waals surface area contributed by atoms with Crippen molar-refractivity contribution < 1.29 is 37.8 Å². The van der Waals surface area contributed by atoms with Crippen LogP contribution < -0.4 is 15.4 Å². The number of alkyl carbamates (subject to hydrolysis) is 1. The summed E-state index contributed by atoms with van der Waals surface area (Å²) in [5.41, 5.74) is -1.46. The van der Waals surface area contributed by atoms with E-state index in [1.54, 1.807) is 46.8 Å². The molecule has 1 spiro atoms. The number of aryl methyl sites for hydroxylation is 2. The van der Waals surface area contributed by atoms with Crippen molar-refractivity contribution in [3.63, 3.8) is 0 Å². The maximum absolute atomic E-state index is 14.7. The number of aromatic nitrogens is 1. The first-order valence-electron chi connectivity index (χ1n) is 18.0. The number of carbonyl (C=O) groups is 4.